The number of carboxylic acids is 1. The number of aliphatic carboxylic acids is 1. The number of hydrogen-bond donors (Lipinski definition) is 2. The lowest BCUT2D eigenvalue weighted by atomic mass is 10.1. The summed E-state index contributed by atoms with van der Waals surface area (Å²) < 4.78 is 33.0. The molecule has 0 aliphatic rings. The number of carbonyl (C=O) groups excluding carboxylic acids is 1. The van der Waals surface area contributed by atoms with Gasteiger partial charge in [0.15, 0.2) is 0 Å². The van der Waals surface area contributed by atoms with Crippen molar-refractivity contribution in [3.05, 3.63) is 101 Å². The molecule has 0 saturated heterocycles. The monoisotopic (exact) mass is 437 g/mol. The zero-order valence-corrected chi connectivity index (χ0v) is 17.1. The average molecular weight is 437 g/mol. The van der Waals surface area contributed by atoms with Gasteiger partial charge in [0.25, 0.3) is 5.91 Å². The first-order valence-electron chi connectivity index (χ1n) is 9.90. The third-order valence-electron chi connectivity index (χ3n) is 4.57. The van der Waals surface area contributed by atoms with Gasteiger partial charge in [-0.05, 0) is 48.7 Å². The summed E-state index contributed by atoms with van der Waals surface area (Å²) >= 11 is 0. The molecule has 0 radical (unpaired) electrons. The molecule has 32 heavy (non-hydrogen) atoms. The number of aryl methyl sites for hydroxylation is 1. The number of carboxylic acid groups (broad SMARTS) is 1. The van der Waals surface area contributed by atoms with E-state index in [1.54, 1.807) is 0 Å². The van der Waals surface area contributed by atoms with Crippen molar-refractivity contribution in [2.75, 3.05) is 11.9 Å². The summed E-state index contributed by atoms with van der Waals surface area (Å²) in [6, 6.07) is 17.1. The number of halogens is 2. The third kappa shape index (κ3) is 6.50. The zero-order chi connectivity index (χ0) is 22.9. The fourth-order valence-corrected chi connectivity index (χ4v) is 2.99. The Balaban J connectivity index is 1.74. The molecule has 0 bridgehead atoms. The maximum absolute atomic E-state index is 13.8. The first kappa shape index (κ1) is 22.7. The van der Waals surface area contributed by atoms with Crippen molar-refractivity contribution in [2.24, 2.45) is 0 Å². The second-order valence-electron chi connectivity index (χ2n) is 6.94. The molecule has 7 heteroatoms. The highest BCUT2D eigenvalue weighted by atomic mass is 19.1. The van der Waals surface area contributed by atoms with Crippen molar-refractivity contribution in [1.29, 1.82) is 0 Å². The van der Waals surface area contributed by atoms with E-state index in [4.69, 9.17) is 9.84 Å². The minimum absolute atomic E-state index is 0.152. The van der Waals surface area contributed by atoms with Crippen LogP contribution in [0.4, 0.5) is 14.5 Å². The van der Waals surface area contributed by atoms with Gasteiger partial charge in [-0.15, -0.1) is 0 Å². The first-order chi connectivity index (χ1) is 15.4. The second-order valence-corrected chi connectivity index (χ2v) is 6.94. The average Bonchev–Trinajstić information content (AvgIpc) is 2.78. The summed E-state index contributed by atoms with van der Waals surface area (Å²) in [6.07, 6.45) is 3.83. The van der Waals surface area contributed by atoms with E-state index in [0.717, 1.165) is 36.3 Å². The van der Waals surface area contributed by atoms with Gasteiger partial charge in [0.05, 0.1) is 12.3 Å². The van der Waals surface area contributed by atoms with E-state index in [9.17, 15) is 18.4 Å². The molecule has 0 heterocycles. The first-order valence-corrected chi connectivity index (χ1v) is 9.90. The van der Waals surface area contributed by atoms with Gasteiger partial charge in [-0.1, -0.05) is 36.4 Å². The maximum Gasteiger partial charge on any atom is 0.328 e. The van der Waals surface area contributed by atoms with Gasteiger partial charge in [0.1, 0.15) is 17.4 Å². The number of carbonyl (C=O) groups is 2. The quantitative estimate of drug-likeness (QED) is 0.351. The molecule has 3 rings (SSSR count). The van der Waals surface area contributed by atoms with Crippen LogP contribution in [-0.2, 0) is 11.2 Å². The summed E-state index contributed by atoms with van der Waals surface area (Å²) in [6.45, 7) is 0.340. The predicted octanol–water partition coefficient (Wildman–Crippen LogP) is 5.33. The molecule has 0 unspecified atom stereocenters. The molecule has 3 aromatic carbocycles. The Hall–Kier alpha value is -4.00. The number of anilines is 1. The molecule has 3 aromatic rings. The molecule has 0 aliphatic heterocycles. The largest absolute Gasteiger partial charge is 0.493 e. The van der Waals surface area contributed by atoms with Crippen molar-refractivity contribution in [1.82, 2.24) is 0 Å². The van der Waals surface area contributed by atoms with E-state index in [2.05, 4.69) is 5.32 Å². The Kier molecular flexibility index (Phi) is 7.70. The Labute approximate surface area is 184 Å². The van der Waals surface area contributed by atoms with Crippen molar-refractivity contribution < 1.29 is 28.2 Å². The van der Waals surface area contributed by atoms with E-state index in [1.807, 2.05) is 30.3 Å². The summed E-state index contributed by atoms with van der Waals surface area (Å²) in [5.74, 6) is -2.92. The number of nitrogens with one attached hydrogen (secondary N) is 1. The number of benzene rings is 3. The van der Waals surface area contributed by atoms with Crippen molar-refractivity contribution >= 4 is 23.6 Å². The van der Waals surface area contributed by atoms with E-state index in [1.165, 1.54) is 24.3 Å². The van der Waals surface area contributed by atoms with E-state index in [0.29, 0.717) is 24.3 Å². The third-order valence-corrected chi connectivity index (χ3v) is 4.57. The number of amides is 1. The molecule has 0 aromatic heterocycles. The molecule has 0 aliphatic carbocycles. The molecule has 1 amide bonds. The van der Waals surface area contributed by atoms with E-state index < -0.39 is 23.5 Å². The molecular weight excluding hydrogens is 416 g/mol. The van der Waals surface area contributed by atoms with Crippen LogP contribution in [0.5, 0.6) is 5.75 Å². The highest BCUT2D eigenvalue weighted by Gasteiger charge is 2.13. The smallest absolute Gasteiger partial charge is 0.328 e. The van der Waals surface area contributed by atoms with Gasteiger partial charge in [0.2, 0.25) is 0 Å². The molecule has 2 N–H and O–H groups in total. The fourth-order valence-electron chi connectivity index (χ4n) is 2.99. The molecule has 0 fully saturated rings. The van der Waals surface area contributed by atoms with Crippen molar-refractivity contribution in [3.8, 4) is 5.75 Å². The molecule has 0 spiro atoms. The van der Waals surface area contributed by atoms with Gasteiger partial charge in [-0.3, -0.25) is 4.79 Å². The summed E-state index contributed by atoms with van der Waals surface area (Å²) in [4.78, 5) is 23.4. The van der Waals surface area contributed by atoms with Gasteiger partial charge in [0, 0.05) is 23.3 Å². The van der Waals surface area contributed by atoms with Crippen LogP contribution in [0.1, 0.15) is 27.9 Å². The minimum Gasteiger partial charge on any atom is -0.493 e. The highest BCUT2D eigenvalue weighted by Crippen LogP contribution is 2.24. The van der Waals surface area contributed by atoms with Gasteiger partial charge in [-0.2, -0.15) is 0 Å². The van der Waals surface area contributed by atoms with Crippen LogP contribution in [-0.4, -0.2) is 23.6 Å². The fraction of sp³-hybridized carbons (Fsp3) is 0.120. The topological polar surface area (TPSA) is 75.6 Å². The molecule has 0 saturated carbocycles. The summed E-state index contributed by atoms with van der Waals surface area (Å²) in [5, 5.41) is 11.2. The SMILES string of the molecule is O=C(O)/C=C/c1ccc(C(=O)Nc2cc(F)ccc2F)cc1OCCCc1ccccc1. The number of hydrogen-bond acceptors (Lipinski definition) is 3. The van der Waals surface area contributed by atoms with Crippen LogP contribution in [0.15, 0.2) is 72.8 Å². The van der Waals surface area contributed by atoms with Crippen LogP contribution in [0.3, 0.4) is 0 Å². The van der Waals surface area contributed by atoms with Crippen LogP contribution in [0.25, 0.3) is 6.08 Å². The van der Waals surface area contributed by atoms with Crippen LogP contribution in [0, 0.1) is 11.6 Å². The Bertz CT molecular complexity index is 1130. The van der Waals surface area contributed by atoms with Crippen LogP contribution >= 0.6 is 0 Å². The van der Waals surface area contributed by atoms with Crippen molar-refractivity contribution in [3.63, 3.8) is 0 Å². The Morgan fingerprint density at radius 3 is 2.53 bits per heavy atom. The summed E-state index contributed by atoms with van der Waals surface area (Å²) in [7, 11) is 0. The lowest BCUT2D eigenvalue weighted by Crippen LogP contribution is -2.13. The number of ether oxygens (including phenoxy) is 1. The molecule has 164 valence electrons. The number of rotatable bonds is 9. The van der Waals surface area contributed by atoms with Crippen molar-refractivity contribution in [2.45, 2.75) is 12.8 Å². The van der Waals surface area contributed by atoms with E-state index in [-0.39, 0.29) is 11.3 Å². The van der Waals surface area contributed by atoms with Crippen LogP contribution in [0.2, 0.25) is 0 Å². The lowest BCUT2D eigenvalue weighted by Gasteiger charge is -2.12. The predicted molar refractivity (Wildman–Crippen MR) is 118 cm³/mol. The summed E-state index contributed by atoms with van der Waals surface area (Å²) in [5.41, 5.74) is 1.50. The maximum atomic E-state index is 13.8. The second kappa shape index (κ2) is 10.9. The Morgan fingerprint density at radius 2 is 1.78 bits per heavy atom. The minimum atomic E-state index is -1.12. The van der Waals surface area contributed by atoms with Gasteiger partial charge in [-0.25, -0.2) is 13.6 Å². The van der Waals surface area contributed by atoms with Gasteiger partial charge >= 0.3 is 5.97 Å². The van der Waals surface area contributed by atoms with Gasteiger partial charge < -0.3 is 15.2 Å². The lowest BCUT2D eigenvalue weighted by molar-refractivity contribution is -0.131. The van der Waals surface area contributed by atoms with Crippen LogP contribution < -0.4 is 10.1 Å². The van der Waals surface area contributed by atoms with E-state index >= 15 is 0 Å². The normalized spacial score (nSPS) is 10.8. The zero-order valence-electron chi connectivity index (χ0n) is 17.1. The molecule has 5 nitrogen and oxygen atoms in total. The Morgan fingerprint density at radius 1 is 1.00 bits per heavy atom. The molecular formula is C25H21F2NO4. The standard InChI is InChI=1S/C25H21F2NO4/c26-20-11-12-21(27)22(16-20)28-25(31)19-9-8-18(10-13-24(29)30)23(15-19)32-14-4-7-17-5-2-1-3-6-17/h1-3,5-6,8-13,15-16H,4,7,14H2,(H,28,31)(H,29,30)/b13-10+. The molecule has 0 atom stereocenters. The highest BCUT2D eigenvalue weighted by molar-refractivity contribution is 6.04.